The molecular formula is C20H36ClFN4O11. The topological polar surface area (TPSA) is 263 Å². The SMILES string of the molecule is C[C@H](NC(=O)[C@H](C)NC(=O)[C@@H]([NH3+])CCCCNC(=O)[C@H](F)[C@]1(O)O[C@H](CO)[C@H](O)[C@H](O)[C@H]1O)C(=O)O.[Cl-]. The number of ether oxygens (including phenoxy) is 1. The molecule has 1 fully saturated rings. The summed E-state index contributed by atoms with van der Waals surface area (Å²) in [7, 11) is 0. The number of alkyl halides is 1. The molecular weight excluding hydrogens is 527 g/mol. The maximum absolute atomic E-state index is 14.6. The summed E-state index contributed by atoms with van der Waals surface area (Å²) in [5.74, 6) is -7.06. The van der Waals surface area contributed by atoms with E-state index in [-0.39, 0.29) is 31.8 Å². The maximum Gasteiger partial charge on any atom is 0.325 e. The summed E-state index contributed by atoms with van der Waals surface area (Å²) in [5, 5.41) is 64.4. The van der Waals surface area contributed by atoms with Crippen LogP contribution in [0.25, 0.3) is 0 Å². The lowest BCUT2D eigenvalue weighted by atomic mass is 9.89. The number of hydrogen-bond acceptors (Lipinski definition) is 10. The van der Waals surface area contributed by atoms with Crippen LogP contribution in [0.2, 0.25) is 0 Å². The molecule has 1 aliphatic heterocycles. The normalized spacial score (nSPS) is 28.6. The van der Waals surface area contributed by atoms with Crippen LogP contribution in [0.4, 0.5) is 4.39 Å². The van der Waals surface area contributed by atoms with E-state index in [1.54, 1.807) is 0 Å². The molecule has 12 N–H and O–H groups in total. The fraction of sp³-hybridized carbons (Fsp3) is 0.800. The number of rotatable bonds is 13. The molecule has 216 valence electrons. The van der Waals surface area contributed by atoms with E-state index in [2.05, 4.69) is 21.7 Å². The molecule has 1 aliphatic rings. The smallest absolute Gasteiger partial charge is 0.325 e. The van der Waals surface area contributed by atoms with Gasteiger partial charge in [0.1, 0.15) is 36.5 Å². The molecule has 0 aromatic carbocycles. The van der Waals surface area contributed by atoms with E-state index in [0.717, 1.165) is 0 Å². The van der Waals surface area contributed by atoms with Gasteiger partial charge in [-0.05, 0) is 26.7 Å². The molecule has 0 aromatic rings. The number of carbonyl (C=O) groups is 4. The first-order valence-corrected chi connectivity index (χ1v) is 11.3. The zero-order valence-electron chi connectivity index (χ0n) is 20.3. The second kappa shape index (κ2) is 15.3. The predicted octanol–water partition coefficient (Wildman–Crippen LogP) is -8.52. The van der Waals surface area contributed by atoms with Gasteiger partial charge in [0.2, 0.25) is 17.9 Å². The van der Waals surface area contributed by atoms with Crippen LogP contribution >= 0.6 is 0 Å². The van der Waals surface area contributed by atoms with E-state index >= 15 is 0 Å². The summed E-state index contributed by atoms with van der Waals surface area (Å²) in [6.45, 7) is 1.63. The lowest BCUT2D eigenvalue weighted by molar-refractivity contribution is -0.405. The Hall–Kier alpha value is -2.18. The number of aliphatic hydroxyl groups is 5. The molecule has 9 atom stereocenters. The first-order chi connectivity index (χ1) is 16.7. The van der Waals surface area contributed by atoms with E-state index in [0.29, 0.717) is 6.42 Å². The second-order valence-corrected chi connectivity index (χ2v) is 8.66. The van der Waals surface area contributed by atoms with E-state index in [9.17, 15) is 44.0 Å². The third-order valence-electron chi connectivity index (χ3n) is 5.72. The average Bonchev–Trinajstić information content (AvgIpc) is 2.83. The number of aliphatic hydroxyl groups excluding tert-OH is 4. The number of aliphatic carboxylic acids is 1. The van der Waals surface area contributed by atoms with Crippen LogP contribution < -0.4 is 34.1 Å². The number of hydrogen-bond donors (Lipinski definition) is 10. The average molecular weight is 563 g/mol. The number of unbranched alkanes of at least 4 members (excludes halogenated alkanes) is 1. The van der Waals surface area contributed by atoms with Crippen LogP contribution in [0.5, 0.6) is 0 Å². The fourth-order valence-corrected chi connectivity index (χ4v) is 3.32. The van der Waals surface area contributed by atoms with Crippen molar-refractivity contribution in [3.8, 4) is 0 Å². The van der Waals surface area contributed by atoms with Gasteiger partial charge in [-0.1, -0.05) is 0 Å². The number of carboxylic acids is 1. The third-order valence-corrected chi connectivity index (χ3v) is 5.72. The van der Waals surface area contributed by atoms with Gasteiger partial charge in [0.25, 0.3) is 11.8 Å². The van der Waals surface area contributed by atoms with Crippen LogP contribution in [0.3, 0.4) is 0 Å². The number of carbonyl (C=O) groups excluding carboxylic acids is 3. The van der Waals surface area contributed by atoms with Crippen molar-refractivity contribution in [3.05, 3.63) is 0 Å². The molecule has 0 unspecified atom stereocenters. The minimum atomic E-state index is -3.21. The van der Waals surface area contributed by atoms with Crippen molar-refractivity contribution < 1.29 is 77.1 Å². The molecule has 0 aliphatic carbocycles. The number of amides is 3. The van der Waals surface area contributed by atoms with Gasteiger partial charge >= 0.3 is 5.97 Å². The molecule has 15 nitrogen and oxygen atoms in total. The molecule has 0 radical (unpaired) electrons. The largest absolute Gasteiger partial charge is 1.00 e. The van der Waals surface area contributed by atoms with Crippen LogP contribution in [0.15, 0.2) is 0 Å². The molecule has 1 saturated heterocycles. The Balaban J connectivity index is 0.0000130. The minimum Gasteiger partial charge on any atom is -1.00 e. The minimum absolute atomic E-state index is 0. The summed E-state index contributed by atoms with van der Waals surface area (Å²) in [6.07, 6.45) is -9.96. The van der Waals surface area contributed by atoms with Gasteiger partial charge in [-0.3, -0.25) is 19.2 Å². The Morgan fingerprint density at radius 3 is 2.11 bits per heavy atom. The van der Waals surface area contributed by atoms with Gasteiger partial charge in [0.15, 0.2) is 6.04 Å². The lowest BCUT2D eigenvalue weighted by Crippen LogP contribution is -3.00. The van der Waals surface area contributed by atoms with Crippen molar-refractivity contribution in [2.75, 3.05) is 13.2 Å². The van der Waals surface area contributed by atoms with Gasteiger partial charge < -0.3 is 69.5 Å². The highest BCUT2D eigenvalue weighted by Gasteiger charge is 2.59. The lowest BCUT2D eigenvalue weighted by Gasteiger charge is -2.46. The van der Waals surface area contributed by atoms with Crippen molar-refractivity contribution in [3.63, 3.8) is 0 Å². The number of quaternary nitrogens is 1. The van der Waals surface area contributed by atoms with Crippen LogP contribution in [0.1, 0.15) is 33.1 Å². The zero-order chi connectivity index (χ0) is 27.8. The van der Waals surface area contributed by atoms with Gasteiger partial charge in [-0.15, -0.1) is 0 Å². The summed E-state index contributed by atoms with van der Waals surface area (Å²) in [5.41, 5.74) is 3.68. The van der Waals surface area contributed by atoms with Crippen LogP contribution in [-0.4, -0.2) is 122 Å². The van der Waals surface area contributed by atoms with Gasteiger partial charge in [-0.25, -0.2) is 4.39 Å². The highest BCUT2D eigenvalue weighted by Crippen LogP contribution is 2.32. The Morgan fingerprint density at radius 2 is 1.57 bits per heavy atom. The van der Waals surface area contributed by atoms with Crippen molar-refractivity contribution in [2.45, 2.75) is 87.6 Å². The molecule has 0 bridgehead atoms. The highest BCUT2D eigenvalue weighted by molar-refractivity contribution is 5.90. The molecule has 0 spiro atoms. The molecule has 1 heterocycles. The van der Waals surface area contributed by atoms with Crippen molar-refractivity contribution in [1.82, 2.24) is 16.0 Å². The molecule has 1 rings (SSSR count). The van der Waals surface area contributed by atoms with Gasteiger partial charge in [-0.2, -0.15) is 0 Å². The first-order valence-electron chi connectivity index (χ1n) is 11.3. The quantitative estimate of drug-likeness (QED) is 0.0941. The monoisotopic (exact) mass is 562 g/mol. The van der Waals surface area contributed by atoms with Crippen molar-refractivity contribution in [1.29, 1.82) is 0 Å². The summed E-state index contributed by atoms with van der Waals surface area (Å²) < 4.78 is 19.4. The van der Waals surface area contributed by atoms with Crippen LogP contribution in [-0.2, 0) is 23.9 Å². The van der Waals surface area contributed by atoms with E-state index in [1.807, 2.05) is 0 Å². The second-order valence-electron chi connectivity index (χ2n) is 8.66. The van der Waals surface area contributed by atoms with E-state index in [1.165, 1.54) is 13.8 Å². The molecule has 3 amide bonds. The Bertz CT molecular complexity index is 795. The van der Waals surface area contributed by atoms with Crippen LogP contribution in [0, 0.1) is 0 Å². The number of halogens is 2. The number of nitrogens with one attached hydrogen (secondary N) is 3. The highest BCUT2D eigenvalue weighted by atomic mass is 35.5. The van der Waals surface area contributed by atoms with E-state index in [4.69, 9.17) is 14.9 Å². The molecule has 0 saturated carbocycles. The zero-order valence-corrected chi connectivity index (χ0v) is 21.1. The summed E-state index contributed by atoms with van der Waals surface area (Å²) >= 11 is 0. The summed E-state index contributed by atoms with van der Waals surface area (Å²) in [4.78, 5) is 46.9. The molecule has 37 heavy (non-hydrogen) atoms. The standard InChI is InChI=1S/C20H35FN4O11.ClH/c1-8(16(30)25-9(2)19(33)34)24-17(31)10(22)5-3-4-6-23-18(32)14(21)20(35)15(29)13(28)12(27)11(7-26)36-20;/h8-15,26-29,35H,3-7,22H2,1-2H3,(H,23,32)(H,24,31)(H,25,30)(H,33,34);1H/t8-,9-,10-,11+,12-,13-,14-,15+,20-;/m0./s1. The molecule has 0 aromatic heterocycles. The number of carboxylic acid groups (broad SMARTS) is 1. The molecule has 17 heteroatoms. The Morgan fingerprint density at radius 1 is 1.00 bits per heavy atom. The predicted molar refractivity (Wildman–Crippen MR) is 116 cm³/mol. The van der Waals surface area contributed by atoms with Gasteiger partial charge in [0, 0.05) is 13.0 Å². The van der Waals surface area contributed by atoms with Gasteiger partial charge in [0.05, 0.1) is 6.61 Å². The summed E-state index contributed by atoms with van der Waals surface area (Å²) in [6, 6.07) is -2.91. The van der Waals surface area contributed by atoms with Crippen molar-refractivity contribution >= 4 is 23.7 Å². The first kappa shape index (κ1) is 34.8. The maximum atomic E-state index is 14.6. The third kappa shape index (κ3) is 9.26. The fourth-order valence-electron chi connectivity index (χ4n) is 3.32. The Labute approximate surface area is 218 Å². The Kier molecular flexibility index (Phi) is 14.4. The van der Waals surface area contributed by atoms with Crippen molar-refractivity contribution in [2.24, 2.45) is 0 Å². The van der Waals surface area contributed by atoms with E-state index < -0.39 is 84.8 Å².